The second kappa shape index (κ2) is 6.89. The van der Waals surface area contributed by atoms with Crippen molar-refractivity contribution in [1.29, 1.82) is 5.26 Å². The van der Waals surface area contributed by atoms with Crippen LogP contribution in [0.1, 0.15) is 21.7 Å². The van der Waals surface area contributed by atoms with Crippen molar-refractivity contribution in [1.82, 2.24) is 9.88 Å². The molecule has 24 heavy (non-hydrogen) atoms. The quantitative estimate of drug-likeness (QED) is 0.853. The van der Waals surface area contributed by atoms with Crippen LogP contribution in [0, 0.1) is 11.3 Å². The number of likely N-dealkylation sites (tertiary alicyclic amines) is 1. The van der Waals surface area contributed by atoms with Crippen molar-refractivity contribution < 1.29 is 9.53 Å². The monoisotopic (exact) mass is 342 g/mol. The van der Waals surface area contributed by atoms with Crippen molar-refractivity contribution >= 4 is 23.1 Å². The number of hydrogen-bond donors (Lipinski definition) is 0. The Morgan fingerprint density at radius 2 is 2.33 bits per heavy atom. The first-order chi connectivity index (χ1) is 11.6. The fourth-order valence-corrected chi connectivity index (χ4v) is 3.52. The number of aromatic nitrogens is 1. The van der Waals surface area contributed by atoms with Crippen LogP contribution in [0.15, 0.2) is 29.8 Å². The van der Waals surface area contributed by atoms with Crippen LogP contribution < -0.4 is 9.64 Å². The molecule has 3 heterocycles. The molecular weight excluding hydrogens is 324 g/mol. The zero-order chi connectivity index (χ0) is 17.1. The number of pyridine rings is 1. The molecule has 0 N–H and O–H groups in total. The van der Waals surface area contributed by atoms with Gasteiger partial charge in [-0.3, -0.25) is 4.79 Å². The molecule has 1 fully saturated rings. The molecule has 1 aliphatic rings. The summed E-state index contributed by atoms with van der Waals surface area (Å²) in [5.74, 6) is 1.40. The van der Waals surface area contributed by atoms with Gasteiger partial charge in [0.2, 0.25) is 0 Å². The standard InChI is InChI=1S/C17H18N4O2S/c1-20(2)16-14(4-3-7-19-16)23-13-5-8-21(11-13)17(22)15-12(10-18)6-9-24-15/h3-4,6-7,9,13H,5,8,11H2,1-2H3/t13-/m1/s1. The molecule has 2 aromatic rings. The summed E-state index contributed by atoms with van der Waals surface area (Å²) >= 11 is 1.31. The molecule has 6 nitrogen and oxygen atoms in total. The Kier molecular flexibility index (Phi) is 4.67. The Labute approximate surface area is 144 Å². The van der Waals surface area contributed by atoms with E-state index in [4.69, 9.17) is 10.00 Å². The highest BCUT2D eigenvalue weighted by Crippen LogP contribution is 2.28. The van der Waals surface area contributed by atoms with Crippen molar-refractivity contribution in [2.75, 3.05) is 32.1 Å². The number of anilines is 1. The number of thiophene rings is 1. The summed E-state index contributed by atoms with van der Waals surface area (Å²) in [6.45, 7) is 1.15. The Morgan fingerprint density at radius 3 is 3.08 bits per heavy atom. The van der Waals surface area contributed by atoms with E-state index in [1.807, 2.05) is 31.1 Å². The average molecular weight is 342 g/mol. The highest BCUT2D eigenvalue weighted by molar-refractivity contribution is 7.12. The molecule has 124 valence electrons. The van der Waals surface area contributed by atoms with Gasteiger partial charge in [0.1, 0.15) is 17.1 Å². The third-order valence-electron chi connectivity index (χ3n) is 3.88. The third-order valence-corrected chi connectivity index (χ3v) is 4.78. The van der Waals surface area contributed by atoms with Gasteiger partial charge < -0.3 is 14.5 Å². The first kappa shape index (κ1) is 16.3. The van der Waals surface area contributed by atoms with Crippen molar-refractivity contribution in [3.8, 4) is 11.8 Å². The van der Waals surface area contributed by atoms with Gasteiger partial charge in [-0.25, -0.2) is 4.98 Å². The number of nitriles is 1. The summed E-state index contributed by atoms with van der Waals surface area (Å²) in [5.41, 5.74) is 0.441. The lowest BCUT2D eigenvalue weighted by Crippen LogP contribution is -2.31. The number of ether oxygens (including phenoxy) is 1. The lowest BCUT2D eigenvalue weighted by atomic mass is 10.2. The summed E-state index contributed by atoms with van der Waals surface area (Å²) in [4.78, 5) is 21.1. The molecule has 3 rings (SSSR count). The van der Waals surface area contributed by atoms with Gasteiger partial charge in [-0.15, -0.1) is 11.3 Å². The summed E-state index contributed by atoms with van der Waals surface area (Å²) in [5, 5.41) is 10.9. The molecule has 0 bridgehead atoms. The molecule has 1 saturated heterocycles. The zero-order valence-corrected chi connectivity index (χ0v) is 14.4. The molecule has 1 aliphatic heterocycles. The van der Waals surface area contributed by atoms with Gasteiger partial charge in [-0.2, -0.15) is 5.26 Å². The van der Waals surface area contributed by atoms with E-state index < -0.39 is 0 Å². The Morgan fingerprint density at radius 1 is 1.50 bits per heavy atom. The minimum atomic E-state index is -0.0910. The molecule has 0 unspecified atom stereocenters. The van der Waals surface area contributed by atoms with Gasteiger partial charge in [0, 0.05) is 33.3 Å². The van der Waals surface area contributed by atoms with E-state index in [0.717, 1.165) is 18.0 Å². The predicted molar refractivity (Wildman–Crippen MR) is 92.5 cm³/mol. The van der Waals surface area contributed by atoms with Crippen molar-refractivity contribution in [3.05, 3.63) is 40.2 Å². The molecule has 0 aromatic carbocycles. The van der Waals surface area contributed by atoms with Gasteiger partial charge >= 0.3 is 0 Å². The highest BCUT2D eigenvalue weighted by Gasteiger charge is 2.30. The normalized spacial score (nSPS) is 16.7. The van der Waals surface area contributed by atoms with Crippen LogP contribution in [0.3, 0.4) is 0 Å². The van der Waals surface area contributed by atoms with Crippen LogP contribution in [0.2, 0.25) is 0 Å². The summed E-state index contributed by atoms with van der Waals surface area (Å²) < 4.78 is 6.06. The van der Waals surface area contributed by atoms with Crippen LogP contribution in [-0.4, -0.2) is 49.1 Å². The Balaban J connectivity index is 1.68. The van der Waals surface area contributed by atoms with Crippen LogP contribution in [0.25, 0.3) is 0 Å². The van der Waals surface area contributed by atoms with Crippen molar-refractivity contribution in [3.63, 3.8) is 0 Å². The lowest BCUT2D eigenvalue weighted by molar-refractivity contribution is 0.0777. The smallest absolute Gasteiger partial charge is 0.265 e. The number of nitrogens with zero attached hydrogens (tertiary/aromatic N) is 4. The number of rotatable bonds is 4. The fourth-order valence-electron chi connectivity index (χ4n) is 2.71. The Hall–Kier alpha value is -2.59. The van der Waals surface area contributed by atoms with E-state index in [0.29, 0.717) is 23.5 Å². The SMILES string of the molecule is CN(C)c1ncccc1O[C@@H]1CCN(C(=O)c2sccc2C#N)C1. The van der Waals surface area contributed by atoms with E-state index in [9.17, 15) is 4.79 Å². The number of hydrogen-bond acceptors (Lipinski definition) is 6. The molecule has 1 amide bonds. The number of amides is 1. The van der Waals surface area contributed by atoms with Gasteiger partial charge in [0.15, 0.2) is 11.6 Å². The van der Waals surface area contributed by atoms with Gasteiger partial charge in [0.25, 0.3) is 5.91 Å². The highest BCUT2D eigenvalue weighted by atomic mass is 32.1. The number of carbonyl (C=O) groups is 1. The molecule has 0 radical (unpaired) electrons. The molecule has 1 atom stereocenters. The molecule has 0 aliphatic carbocycles. The molecule has 7 heteroatoms. The van der Waals surface area contributed by atoms with Crippen LogP contribution in [0.4, 0.5) is 5.82 Å². The molecule has 0 saturated carbocycles. The van der Waals surface area contributed by atoms with Crippen LogP contribution in [0.5, 0.6) is 5.75 Å². The van der Waals surface area contributed by atoms with Crippen molar-refractivity contribution in [2.24, 2.45) is 0 Å². The topological polar surface area (TPSA) is 69.5 Å². The maximum Gasteiger partial charge on any atom is 0.265 e. The van der Waals surface area contributed by atoms with E-state index in [1.165, 1.54) is 11.3 Å². The fraction of sp³-hybridized carbons (Fsp3) is 0.353. The van der Waals surface area contributed by atoms with Crippen LogP contribution >= 0.6 is 11.3 Å². The largest absolute Gasteiger partial charge is 0.485 e. The summed E-state index contributed by atoms with van der Waals surface area (Å²) in [6, 6.07) is 7.48. The molecular formula is C17H18N4O2S. The maximum absolute atomic E-state index is 12.6. The Bertz CT molecular complexity index is 781. The van der Waals surface area contributed by atoms with E-state index >= 15 is 0 Å². The summed E-state index contributed by atoms with van der Waals surface area (Å²) in [6.07, 6.45) is 2.43. The van der Waals surface area contributed by atoms with Gasteiger partial charge in [0.05, 0.1) is 12.1 Å². The maximum atomic E-state index is 12.6. The minimum absolute atomic E-state index is 0.0673. The molecule has 2 aromatic heterocycles. The second-order valence-corrected chi connectivity index (χ2v) is 6.69. The number of carbonyl (C=O) groups excluding carboxylic acids is 1. The van der Waals surface area contributed by atoms with Crippen LogP contribution in [-0.2, 0) is 0 Å². The second-order valence-electron chi connectivity index (χ2n) is 5.77. The zero-order valence-electron chi connectivity index (χ0n) is 13.6. The lowest BCUT2D eigenvalue weighted by Gasteiger charge is -2.20. The minimum Gasteiger partial charge on any atom is -0.485 e. The van der Waals surface area contributed by atoms with Gasteiger partial charge in [-0.05, 0) is 23.6 Å². The third kappa shape index (κ3) is 3.19. The first-order valence-corrected chi connectivity index (χ1v) is 8.54. The van der Waals surface area contributed by atoms with Gasteiger partial charge in [-0.1, -0.05) is 0 Å². The van der Waals surface area contributed by atoms with Crippen molar-refractivity contribution in [2.45, 2.75) is 12.5 Å². The predicted octanol–water partition coefficient (Wildman–Crippen LogP) is 2.37. The average Bonchev–Trinajstić information content (AvgIpc) is 3.23. The molecule has 0 spiro atoms. The van der Waals surface area contributed by atoms with E-state index in [1.54, 1.807) is 22.5 Å². The van der Waals surface area contributed by atoms with E-state index in [-0.39, 0.29) is 12.0 Å². The first-order valence-electron chi connectivity index (χ1n) is 7.66. The van der Waals surface area contributed by atoms with E-state index in [2.05, 4.69) is 11.1 Å². The summed E-state index contributed by atoms with van der Waals surface area (Å²) in [7, 11) is 3.83.